The van der Waals surface area contributed by atoms with Gasteiger partial charge in [-0.05, 0) is 12.8 Å². The molecule has 0 N–H and O–H groups in total. The van der Waals surface area contributed by atoms with Crippen LogP contribution in [0.1, 0.15) is 41.5 Å². The molecule has 0 spiro atoms. The lowest BCUT2D eigenvalue weighted by atomic mass is 9.94. The summed E-state index contributed by atoms with van der Waals surface area (Å²) in [4.78, 5) is 11.8. The normalized spacial score (nSPS) is 29.7. The van der Waals surface area contributed by atoms with Crippen molar-refractivity contribution in [3.63, 3.8) is 0 Å². The molecule has 1 saturated heterocycles. The molecular formula is C13H22O3. The number of hydrogen-bond donors (Lipinski definition) is 0. The van der Waals surface area contributed by atoms with Gasteiger partial charge in [0.1, 0.15) is 0 Å². The zero-order chi connectivity index (χ0) is 12.5. The molecule has 0 saturated carbocycles. The zero-order valence-electron chi connectivity index (χ0n) is 11.0. The predicted molar refractivity (Wildman–Crippen MR) is 62.8 cm³/mol. The Labute approximate surface area is 97.8 Å². The summed E-state index contributed by atoms with van der Waals surface area (Å²) in [5.74, 6) is 0.0761. The van der Waals surface area contributed by atoms with Crippen molar-refractivity contribution in [2.45, 2.75) is 53.9 Å². The summed E-state index contributed by atoms with van der Waals surface area (Å²) >= 11 is 0. The molecule has 0 bridgehead atoms. The van der Waals surface area contributed by atoms with Gasteiger partial charge < -0.3 is 9.47 Å². The van der Waals surface area contributed by atoms with Crippen LogP contribution in [0.4, 0.5) is 0 Å². The molecule has 1 fully saturated rings. The number of rotatable bonds is 1. The average molecular weight is 226 g/mol. The third kappa shape index (κ3) is 3.08. The van der Waals surface area contributed by atoms with Gasteiger partial charge in [-0.1, -0.05) is 40.7 Å². The van der Waals surface area contributed by atoms with Gasteiger partial charge in [0.2, 0.25) is 6.29 Å². The minimum atomic E-state index is -0.459. The number of carbonyl (C=O) groups is 1. The third-order valence-corrected chi connectivity index (χ3v) is 2.44. The number of carbonyl (C=O) groups excluding carboxylic acids is 1. The number of ether oxygens (including phenoxy) is 2. The van der Waals surface area contributed by atoms with Gasteiger partial charge in [-0.15, -0.1) is 0 Å². The first-order chi connectivity index (χ1) is 7.21. The summed E-state index contributed by atoms with van der Waals surface area (Å²) in [6, 6.07) is 0. The van der Waals surface area contributed by atoms with Crippen LogP contribution >= 0.6 is 0 Å². The summed E-state index contributed by atoms with van der Waals surface area (Å²) in [6.07, 6.45) is 1.26. The summed E-state index contributed by atoms with van der Waals surface area (Å²) < 4.78 is 11.0. The first-order valence-corrected chi connectivity index (χ1v) is 5.80. The highest BCUT2D eigenvalue weighted by atomic mass is 16.7. The fourth-order valence-electron chi connectivity index (χ4n) is 1.56. The molecule has 1 aliphatic heterocycles. The van der Waals surface area contributed by atoms with Crippen molar-refractivity contribution in [3.05, 3.63) is 11.6 Å². The van der Waals surface area contributed by atoms with Crippen molar-refractivity contribution in [2.75, 3.05) is 0 Å². The molecule has 0 aromatic carbocycles. The van der Waals surface area contributed by atoms with Gasteiger partial charge in [0.25, 0.3) is 0 Å². The minimum Gasteiger partial charge on any atom is -0.432 e. The van der Waals surface area contributed by atoms with Crippen LogP contribution in [0.2, 0.25) is 0 Å². The Hall–Kier alpha value is -0.830. The van der Waals surface area contributed by atoms with E-state index in [2.05, 4.69) is 0 Å². The number of esters is 1. The topological polar surface area (TPSA) is 35.5 Å². The smallest absolute Gasteiger partial charge is 0.338 e. The highest BCUT2D eigenvalue weighted by molar-refractivity contribution is 5.90. The van der Waals surface area contributed by atoms with Crippen molar-refractivity contribution in [2.24, 2.45) is 11.3 Å². The molecule has 0 unspecified atom stereocenters. The first-order valence-electron chi connectivity index (χ1n) is 5.80. The van der Waals surface area contributed by atoms with Gasteiger partial charge in [0, 0.05) is 5.41 Å². The van der Waals surface area contributed by atoms with Crippen molar-refractivity contribution < 1.29 is 14.3 Å². The van der Waals surface area contributed by atoms with E-state index >= 15 is 0 Å². The second kappa shape index (κ2) is 4.58. The van der Waals surface area contributed by atoms with Crippen LogP contribution in [0, 0.1) is 11.3 Å². The van der Waals surface area contributed by atoms with Crippen LogP contribution in [0.5, 0.6) is 0 Å². The quantitative estimate of drug-likeness (QED) is 0.509. The van der Waals surface area contributed by atoms with E-state index in [1.165, 1.54) is 0 Å². The van der Waals surface area contributed by atoms with Crippen LogP contribution in [0.3, 0.4) is 0 Å². The minimum absolute atomic E-state index is 0.187. The van der Waals surface area contributed by atoms with E-state index in [1.54, 1.807) is 0 Å². The Morgan fingerprint density at radius 2 is 1.88 bits per heavy atom. The van der Waals surface area contributed by atoms with Gasteiger partial charge >= 0.3 is 5.97 Å². The lowest BCUT2D eigenvalue weighted by Gasteiger charge is -2.37. The Bertz CT molecular complexity index is 297. The molecule has 0 amide bonds. The third-order valence-electron chi connectivity index (χ3n) is 2.44. The molecule has 3 nitrogen and oxygen atoms in total. The van der Waals surface area contributed by atoms with Gasteiger partial charge in [-0.3, -0.25) is 0 Å². The first kappa shape index (κ1) is 13.2. The van der Waals surface area contributed by atoms with E-state index in [-0.39, 0.29) is 17.5 Å². The second-order valence-electron chi connectivity index (χ2n) is 5.75. The highest BCUT2D eigenvalue weighted by Gasteiger charge is 2.38. The Morgan fingerprint density at radius 3 is 2.25 bits per heavy atom. The van der Waals surface area contributed by atoms with E-state index in [0.29, 0.717) is 11.5 Å². The average Bonchev–Trinajstić information content (AvgIpc) is 2.09. The van der Waals surface area contributed by atoms with E-state index < -0.39 is 6.29 Å². The molecule has 0 aliphatic carbocycles. The summed E-state index contributed by atoms with van der Waals surface area (Å²) in [7, 11) is 0. The summed E-state index contributed by atoms with van der Waals surface area (Å²) in [5, 5.41) is 0. The van der Waals surface area contributed by atoms with Gasteiger partial charge in [-0.25, -0.2) is 4.79 Å². The number of cyclic esters (lactones) is 1. The summed E-state index contributed by atoms with van der Waals surface area (Å²) in [5.41, 5.74) is 0.448. The molecule has 2 atom stereocenters. The molecule has 1 rings (SSSR count). The van der Waals surface area contributed by atoms with Crippen molar-refractivity contribution >= 4 is 5.97 Å². The van der Waals surface area contributed by atoms with Crippen LogP contribution in [0.15, 0.2) is 11.6 Å². The maximum absolute atomic E-state index is 11.8. The molecule has 1 heterocycles. The van der Waals surface area contributed by atoms with Crippen LogP contribution in [-0.2, 0) is 14.3 Å². The van der Waals surface area contributed by atoms with Gasteiger partial charge in [0.15, 0.2) is 0 Å². The standard InChI is InChI=1S/C13H22O3/c1-8(2)7-10-9(3)15-12(13(4,5)6)16-11(10)14/h7-9,12H,1-6H3/b10-7+/t9-,12-/m1/s1. The van der Waals surface area contributed by atoms with E-state index in [4.69, 9.17) is 9.47 Å². The Morgan fingerprint density at radius 1 is 1.31 bits per heavy atom. The highest BCUT2D eigenvalue weighted by Crippen LogP contribution is 2.31. The maximum Gasteiger partial charge on any atom is 0.338 e. The van der Waals surface area contributed by atoms with E-state index in [1.807, 2.05) is 47.6 Å². The fraction of sp³-hybridized carbons (Fsp3) is 0.769. The van der Waals surface area contributed by atoms with E-state index in [9.17, 15) is 4.79 Å². The molecule has 92 valence electrons. The van der Waals surface area contributed by atoms with Crippen LogP contribution in [-0.4, -0.2) is 18.4 Å². The summed E-state index contributed by atoms with van der Waals surface area (Å²) in [6.45, 7) is 11.9. The van der Waals surface area contributed by atoms with Crippen molar-refractivity contribution in [1.82, 2.24) is 0 Å². The van der Waals surface area contributed by atoms with Crippen molar-refractivity contribution in [1.29, 1.82) is 0 Å². The van der Waals surface area contributed by atoms with E-state index in [0.717, 1.165) is 0 Å². The Balaban J connectivity index is 2.84. The molecule has 0 aromatic rings. The SMILES string of the molecule is CC(C)/C=C1/C(=O)O[C@H](C(C)(C)C)O[C@@H]1C. The monoisotopic (exact) mass is 226 g/mol. The molecule has 1 aliphatic rings. The number of hydrogen-bond acceptors (Lipinski definition) is 3. The molecule has 3 heteroatoms. The maximum atomic E-state index is 11.8. The lowest BCUT2D eigenvalue weighted by Crippen LogP contribution is -2.43. The molecule has 0 radical (unpaired) electrons. The lowest BCUT2D eigenvalue weighted by molar-refractivity contribution is -0.226. The molecule has 16 heavy (non-hydrogen) atoms. The van der Waals surface area contributed by atoms with Gasteiger partial charge in [0.05, 0.1) is 11.7 Å². The van der Waals surface area contributed by atoms with Crippen molar-refractivity contribution in [3.8, 4) is 0 Å². The second-order valence-corrected chi connectivity index (χ2v) is 5.75. The molecular weight excluding hydrogens is 204 g/mol. The number of allylic oxidation sites excluding steroid dienone is 1. The largest absolute Gasteiger partial charge is 0.432 e. The molecule has 0 aromatic heterocycles. The van der Waals surface area contributed by atoms with Crippen LogP contribution < -0.4 is 0 Å². The zero-order valence-corrected chi connectivity index (χ0v) is 11.0. The fourth-order valence-corrected chi connectivity index (χ4v) is 1.56. The van der Waals surface area contributed by atoms with Crippen LogP contribution in [0.25, 0.3) is 0 Å². The predicted octanol–water partition coefficient (Wildman–Crippen LogP) is 2.90. The Kier molecular flexibility index (Phi) is 3.79. The van der Waals surface area contributed by atoms with Gasteiger partial charge in [-0.2, -0.15) is 0 Å².